The Hall–Kier alpha value is -5.70. The molecule has 0 bridgehead atoms. The van der Waals surface area contributed by atoms with Crippen LogP contribution in [0.2, 0.25) is 29.2 Å². The highest BCUT2D eigenvalue weighted by molar-refractivity contribution is 7.45. The molecule has 10 rings (SSSR count). The van der Waals surface area contributed by atoms with Gasteiger partial charge in [0, 0.05) is 19.5 Å². The van der Waals surface area contributed by atoms with Crippen molar-refractivity contribution in [2.24, 2.45) is 0 Å². The maximum Gasteiger partial charge on any atom is 0.259 e. The van der Waals surface area contributed by atoms with Gasteiger partial charge in [-0.3, -0.25) is 9.36 Å². The minimum absolute atomic E-state index is 0.00498. The van der Waals surface area contributed by atoms with Crippen molar-refractivity contribution in [3.05, 3.63) is 169 Å². The number of hydrogen-bond donors (Lipinski definition) is 1. The van der Waals surface area contributed by atoms with Gasteiger partial charge in [0.25, 0.3) is 8.53 Å². The molecule has 5 aromatic carbocycles. The Labute approximate surface area is 474 Å². The number of nitrogens with zero attached hydrogens (tertiary/aromatic N) is 5. The highest BCUT2D eigenvalue weighted by atomic mass is 31.2. The summed E-state index contributed by atoms with van der Waals surface area (Å²) >= 11 is 0. The van der Waals surface area contributed by atoms with E-state index in [1.165, 1.54) is 23.6 Å². The molecule has 2 aromatic heterocycles. The van der Waals surface area contributed by atoms with Gasteiger partial charge < -0.3 is 42.5 Å². The zero-order chi connectivity index (χ0) is 56.2. The fourth-order valence-corrected chi connectivity index (χ4v) is 24.3. The molecule has 3 saturated heterocycles. The average Bonchev–Trinajstić information content (AvgIpc) is 4.20. The second kappa shape index (κ2) is 24.8. The fraction of sp³-hybridized carbons (Fsp3) is 0.419. The third-order valence-electron chi connectivity index (χ3n) is 16.9. The lowest BCUT2D eigenvalue weighted by molar-refractivity contribution is -0.114. The van der Waals surface area contributed by atoms with Crippen molar-refractivity contribution in [3.63, 3.8) is 0 Å². The molecule has 18 heteroatoms. The summed E-state index contributed by atoms with van der Waals surface area (Å²) in [5.41, 5.74) is 3.23. The number of fused-ring (bicyclic) bond motifs is 2. The molecule has 5 heterocycles. The van der Waals surface area contributed by atoms with Crippen LogP contribution < -0.4 is 25.2 Å². The van der Waals surface area contributed by atoms with Gasteiger partial charge in [-0.1, -0.05) is 174 Å². The van der Waals surface area contributed by atoms with E-state index in [4.69, 9.17) is 47.1 Å². The number of ether oxygens (including phenoxy) is 5. The Bertz CT molecular complexity index is 3030. The van der Waals surface area contributed by atoms with Crippen LogP contribution >= 0.6 is 8.53 Å². The van der Waals surface area contributed by atoms with Crippen molar-refractivity contribution in [1.82, 2.24) is 24.2 Å². The molecule has 1 unspecified atom stereocenters. The lowest BCUT2D eigenvalue weighted by atomic mass is 9.80. The number of imidazole rings is 1. The van der Waals surface area contributed by atoms with Crippen molar-refractivity contribution in [1.29, 1.82) is 0 Å². The van der Waals surface area contributed by atoms with E-state index in [9.17, 15) is 4.79 Å². The van der Waals surface area contributed by atoms with Crippen LogP contribution in [0, 0.1) is 0 Å². The van der Waals surface area contributed by atoms with Gasteiger partial charge in [-0.2, -0.15) is 0 Å². The van der Waals surface area contributed by atoms with E-state index in [0.29, 0.717) is 39.3 Å². The monoisotopic (exact) mass is 1140 g/mol. The van der Waals surface area contributed by atoms with Gasteiger partial charge in [0.2, 0.25) is 14.2 Å². The topological polar surface area (TPSA) is 150 Å². The second-order valence-electron chi connectivity index (χ2n) is 22.4. The first-order chi connectivity index (χ1) is 38.7. The zero-order valence-corrected chi connectivity index (χ0v) is 50.6. The van der Waals surface area contributed by atoms with Gasteiger partial charge in [-0.25, -0.2) is 19.6 Å². The lowest BCUT2D eigenvalue weighted by Crippen LogP contribution is -2.58. The first-order valence-corrected chi connectivity index (χ1v) is 34.1. The van der Waals surface area contributed by atoms with Crippen LogP contribution in [0.4, 0.5) is 5.82 Å². The Morgan fingerprint density at radius 1 is 0.738 bits per heavy atom. The van der Waals surface area contributed by atoms with Crippen LogP contribution in [0.25, 0.3) is 11.2 Å². The number of hydrogen-bond acceptors (Lipinski definition) is 13. The zero-order valence-electron chi connectivity index (χ0n) is 47.7. The molecule has 15 nitrogen and oxygen atoms in total. The van der Waals surface area contributed by atoms with Crippen LogP contribution in [0.5, 0.6) is 11.5 Å². The number of benzene rings is 5. The lowest BCUT2D eigenvalue weighted by Gasteiger charge is -2.42. The molecular weight excluding hydrogens is 1060 g/mol. The quantitative estimate of drug-likeness (QED) is 0.0280. The third kappa shape index (κ3) is 11.2. The molecule has 3 fully saturated rings. The summed E-state index contributed by atoms with van der Waals surface area (Å²) in [6.07, 6.45) is 1.77. The minimum Gasteiger partial charge on any atom is -0.497 e. The smallest absolute Gasteiger partial charge is 0.259 e. The predicted molar refractivity (Wildman–Crippen MR) is 319 cm³/mol. The molecule has 80 heavy (non-hydrogen) atoms. The van der Waals surface area contributed by atoms with Crippen molar-refractivity contribution < 1.29 is 42.0 Å². The fourth-order valence-electron chi connectivity index (χ4n) is 13.0. The SMILES string of the molecule is COc1ccc(C(OC[C@H]2O[C@@H](n3cnc4c(NC(C)=O)ncnc43)C(OCO[Si](C(C)C)(C(C)C)C(C)C)[C@H]2O[P@@]2O[C@@H](C[Si](C)(c3ccccc3)c3ccccc3)[C@H]3CCCN32)(c2ccccc2)c2ccc(OC)cc2)cc1. The van der Waals surface area contributed by atoms with E-state index in [2.05, 4.69) is 160 Å². The first kappa shape index (κ1) is 57.5. The summed E-state index contributed by atoms with van der Waals surface area (Å²) in [5.74, 6) is 1.44. The molecule has 422 valence electrons. The van der Waals surface area contributed by atoms with Crippen molar-refractivity contribution in [3.8, 4) is 11.5 Å². The number of carbonyl (C=O) groups is 1. The molecule has 0 spiro atoms. The van der Waals surface area contributed by atoms with Crippen LogP contribution in [0.1, 0.15) is 84.2 Å². The molecule has 3 aliphatic rings. The average molecular weight is 1140 g/mol. The molecular formula is C62H77N6O9PSi2. The van der Waals surface area contributed by atoms with Crippen LogP contribution in [-0.4, -0.2) is 111 Å². The van der Waals surface area contributed by atoms with Crippen LogP contribution in [-0.2, 0) is 38.1 Å². The molecule has 1 N–H and O–H groups in total. The van der Waals surface area contributed by atoms with Gasteiger partial charge in [-0.05, 0) is 76.5 Å². The van der Waals surface area contributed by atoms with Gasteiger partial charge in [0.05, 0.1) is 33.3 Å². The predicted octanol–water partition coefficient (Wildman–Crippen LogP) is 11.6. The Morgan fingerprint density at radius 3 is 1.85 bits per heavy atom. The molecule has 3 aliphatic heterocycles. The largest absolute Gasteiger partial charge is 0.497 e. The number of anilines is 1. The molecule has 0 radical (unpaired) electrons. The summed E-state index contributed by atoms with van der Waals surface area (Å²) < 4.78 is 60.5. The number of rotatable bonds is 23. The normalized spacial score (nSPS) is 21.7. The Balaban J connectivity index is 1.09. The van der Waals surface area contributed by atoms with Gasteiger partial charge in [-0.15, -0.1) is 0 Å². The van der Waals surface area contributed by atoms with E-state index in [-0.39, 0.29) is 37.3 Å². The van der Waals surface area contributed by atoms with Crippen molar-refractivity contribution in [2.75, 3.05) is 39.5 Å². The third-order valence-corrected chi connectivity index (χ3v) is 29.2. The summed E-state index contributed by atoms with van der Waals surface area (Å²) in [6.45, 7) is 18.4. The van der Waals surface area contributed by atoms with Crippen LogP contribution in [0.3, 0.4) is 0 Å². The summed E-state index contributed by atoms with van der Waals surface area (Å²) in [4.78, 5) is 26.5. The first-order valence-electron chi connectivity index (χ1n) is 28.1. The van der Waals surface area contributed by atoms with Gasteiger partial charge >= 0.3 is 0 Å². The summed E-state index contributed by atoms with van der Waals surface area (Å²) in [7, 11) is -3.16. The Kier molecular flexibility index (Phi) is 17.8. The number of amides is 1. The highest BCUT2D eigenvalue weighted by Crippen LogP contribution is 2.59. The highest BCUT2D eigenvalue weighted by Gasteiger charge is 2.56. The van der Waals surface area contributed by atoms with Gasteiger partial charge in [0.1, 0.15) is 56.6 Å². The second-order valence-corrected chi connectivity index (χ2v) is 33.5. The van der Waals surface area contributed by atoms with E-state index in [1.54, 1.807) is 20.5 Å². The summed E-state index contributed by atoms with van der Waals surface area (Å²) in [5, 5.41) is 5.58. The molecule has 1 amide bonds. The standard InChI is InChI=1S/C62H77N6O9PSi2/c1-42(2)80(43(3)4,44(5)6)74-41-72-58-57(77-78-68-36-20-27-53(68)55(76-78)38-79(10,51-23-16-12-17-24-51)52-25-18-13-19-26-52)54(75-61(58)67-40-65-56-59(66-45(7)69)63-39-64-60(56)67)37-73-62(46-21-14-11-15-22-46,47-28-32-49(70-8)33-29-47)48-30-34-50(71-9)35-31-48/h11-19,21-26,28-35,39-40,42-44,53-55,57-58,61H,20,27,36-38,41H2,1-10H3,(H,63,64,66,69)/t53-,54-,55+,57+,58?,61-,78-/m1/s1. The number of carbonyl (C=O) groups excluding carboxylic acids is 1. The molecule has 7 aromatic rings. The van der Waals surface area contributed by atoms with Crippen molar-refractivity contribution in [2.45, 2.75) is 133 Å². The maximum absolute atomic E-state index is 12.5. The number of aromatic nitrogens is 4. The maximum atomic E-state index is 12.5. The molecule has 0 saturated carbocycles. The van der Waals surface area contributed by atoms with E-state index in [0.717, 1.165) is 42.1 Å². The van der Waals surface area contributed by atoms with Gasteiger partial charge in [0.15, 0.2) is 23.2 Å². The number of methoxy groups -OCH3 is 2. The molecule has 0 aliphatic carbocycles. The van der Waals surface area contributed by atoms with Crippen molar-refractivity contribution >= 4 is 58.2 Å². The van der Waals surface area contributed by atoms with E-state index in [1.807, 2.05) is 47.0 Å². The molecule has 7 atom stereocenters. The summed E-state index contributed by atoms with van der Waals surface area (Å²) in [6, 6.07) is 49.3. The van der Waals surface area contributed by atoms with E-state index < -0.39 is 55.1 Å². The van der Waals surface area contributed by atoms with E-state index >= 15 is 0 Å². The van der Waals surface area contributed by atoms with Crippen LogP contribution in [0.15, 0.2) is 152 Å². The Morgan fingerprint density at radius 2 is 1.30 bits per heavy atom. The number of nitrogens with one attached hydrogen (secondary N) is 1. The minimum atomic E-state index is -2.46.